The molecule has 130 valence electrons. The number of likely N-dealkylation sites (N-methyl/N-ethyl adjacent to an activating group) is 1. The van der Waals surface area contributed by atoms with Crippen LogP contribution in [0.2, 0.25) is 0 Å². The number of ether oxygens (including phenoxy) is 2. The summed E-state index contributed by atoms with van der Waals surface area (Å²) in [5, 5.41) is 15.1. The molecule has 0 radical (unpaired) electrons. The second kappa shape index (κ2) is 4.35. The summed E-state index contributed by atoms with van der Waals surface area (Å²) in [6.45, 7) is 0.919. The highest BCUT2D eigenvalue weighted by Gasteiger charge is 2.99. The van der Waals surface area contributed by atoms with Crippen LogP contribution in [0.25, 0.3) is 0 Å². The molecule has 2 saturated heterocycles. The molecule has 4 heterocycles. The van der Waals surface area contributed by atoms with Gasteiger partial charge in [0.15, 0.2) is 0 Å². The lowest BCUT2D eigenvalue weighted by Gasteiger charge is -2.26. The molecule has 7 heteroatoms. The molecular weight excluding hydrogens is 358 g/mol. The first kappa shape index (κ1) is 14.9. The first-order chi connectivity index (χ1) is 12.0. The van der Waals surface area contributed by atoms with E-state index in [4.69, 9.17) is 9.47 Å². The zero-order valence-electron chi connectivity index (χ0n) is 13.5. The maximum absolute atomic E-state index is 13.1. The van der Waals surface area contributed by atoms with Crippen molar-refractivity contribution >= 4 is 28.6 Å². The first-order valence-corrected chi connectivity index (χ1v) is 10.2. The van der Waals surface area contributed by atoms with Crippen molar-refractivity contribution < 1.29 is 19.4 Å². The van der Waals surface area contributed by atoms with Crippen LogP contribution in [0, 0.1) is 5.92 Å². The van der Waals surface area contributed by atoms with Crippen LogP contribution in [0.4, 0.5) is 0 Å². The molecule has 2 saturated carbocycles. The highest BCUT2D eigenvalue weighted by Crippen LogP contribution is 2.82. The molecule has 2 aliphatic heterocycles. The SMILES string of the molecule is CN1C[C@@]23CC(OC(=O)C(O)(c4cccs4)c4cccs4)C4C1[C@]42O3. The Balaban J connectivity index is 1.31. The maximum atomic E-state index is 13.1. The number of hydrogen-bond donors (Lipinski definition) is 1. The Hall–Kier alpha value is -1.25. The molecule has 2 aromatic heterocycles. The monoisotopic (exact) mass is 375 g/mol. The first-order valence-electron chi connectivity index (χ1n) is 8.45. The minimum absolute atomic E-state index is 0.0589. The van der Waals surface area contributed by atoms with Crippen molar-refractivity contribution in [1.29, 1.82) is 0 Å². The summed E-state index contributed by atoms with van der Waals surface area (Å²) < 4.78 is 11.9. The summed E-state index contributed by atoms with van der Waals surface area (Å²) in [5.74, 6) is -0.310. The normalized spacial score (nSPS) is 40.6. The van der Waals surface area contributed by atoms with E-state index in [1.165, 1.54) is 22.7 Å². The summed E-state index contributed by atoms with van der Waals surface area (Å²) >= 11 is 2.74. The van der Waals surface area contributed by atoms with Gasteiger partial charge < -0.3 is 14.6 Å². The molecule has 3 unspecified atom stereocenters. The van der Waals surface area contributed by atoms with Gasteiger partial charge in [-0.05, 0) is 29.9 Å². The standard InChI is InChI=1S/C18H17NO4S2/c1-19-9-16-8-10(13-14(19)18(13,16)23-16)22-15(20)17(21,11-4-2-6-24-11)12-5-3-7-25-12/h2-7,10,13-14,21H,8-9H2,1H3/t10?,13?,14?,16-,18+/m0/s1. The van der Waals surface area contributed by atoms with Crippen molar-refractivity contribution in [3.8, 4) is 0 Å². The topological polar surface area (TPSA) is 62.3 Å². The molecule has 2 aliphatic carbocycles. The molecule has 6 rings (SSSR count). The molecule has 25 heavy (non-hydrogen) atoms. The van der Waals surface area contributed by atoms with Gasteiger partial charge in [-0.2, -0.15) is 0 Å². The van der Waals surface area contributed by atoms with Crippen LogP contribution in [0.5, 0.6) is 0 Å². The summed E-state index contributed by atoms with van der Waals surface area (Å²) in [6.07, 6.45) is 0.581. The molecule has 0 bridgehead atoms. The number of carbonyl (C=O) groups is 1. The van der Waals surface area contributed by atoms with Gasteiger partial charge in [0.25, 0.3) is 0 Å². The van der Waals surface area contributed by atoms with E-state index in [0.29, 0.717) is 15.8 Å². The number of esters is 1. The summed E-state index contributed by atoms with van der Waals surface area (Å²) in [4.78, 5) is 16.6. The lowest BCUT2D eigenvalue weighted by molar-refractivity contribution is -0.169. The third-order valence-electron chi connectivity index (χ3n) is 6.42. The minimum atomic E-state index is -1.72. The Kier molecular flexibility index (Phi) is 2.59. The fourth-order valence-electron chi connectivity index (χ4n) is 5.46. The zero-order chi connectivity index (χ0) is 17.0. The van der Waals surface area contributed by atoms with Crippen molar-refractivity contribution in [3.05, 3.63) is 44.8 Å². The molecule has 4 fully saturated rings. The van der Waals surface area contributed by atoms with Gasteiger partial charge in [-0.1, -0.05) is 12.1 Å². The number of likely N-dealkylation sites (tertiary alicyclic amines) is 1. The minimum Gasteiger partial charge on any atom is -0.459 e. The van der Waals surface area contributed by atoms with E-state index in [2.05, 4.69) is 11.9 Å². The van der Waals surface area contributed by atoms with Crippen molar-refractivity contribution in [2.45, 2.75) is 35.4 Å². The average Bonchev–Trinajstić information content (AvgIpc) is 3.10. The molecule has 5 atom stereocenters. The zero-order valence-corrected chi connectivity index (χ0v) is 15.2. The largest absolute Gasteiger partial charge is 0.459 e. The number of thiophene rings is 2. The van der Waals surface area contributed by atoms with E-state index in [1.807, 2.05) is 22.9 Å². The van der Waals surface area contributed by atoms with Crippen LogP contribution in [0.15, 0.2) is 35.0 Å². The van der Waals surface area contributed by atoms with E-state index in [9.17, 15) is 9.90 Å². The predicted molar refractivity (Wildman–Crippen MR) is 92.6 cm³/mol. The van der Waals surface area contributed by atoms with Gasteiger partial charge in [0.05, 0.1) is 15.8 Å². The molecule has 0 aromatic carbocycles. The highest BCUT2D eigenvalue weighted by atomic mass is 32.1. The van der Waals surface area contributed by atoms with Crippen LogP contribution in [-0.2, 0) is 19.9 Å². The van der Waals surface area contributed by atoms with E-state index < -0.39 is 11.6 Å². The van der Waals surface area contributed by atoms with Crippen molar-refractivity contribution in [2.24, 2.45) is 5.92 Å². The van der Waals surface area contributed by atoms with Crippen LogP contribution >= 0.6 is 22.7 Å². The number of nitrogens with zero attached hydrogens (tertiary/aromatic N) is 1. The number of morpholine rings is 1. The lowest BCUT2D eigenvalue weighted by atomic mass is 9.99. The van der Waals surface area contributed by atoms with Gasteiger partial charge in [-0.15, -0.1) is 22.7 Å². The van der Waals surface area contributed by atoms with Gasteiger partial charge in [-0.25, -0.2) is 4.79 Å². The maximum Gasteiger partial charge on any atom is 0.349 e. The number of fused-ring (bicyclic) bond motifs is 1. The Bertz CT molecular complexity index is 830. The predicted octanol–water partition coefficient (Wildman–Crippen LogP) is 1.81. The van der Waals surface area contributed by atoms with Crippen LogP contribution in [0.3, 0.4) is 0 Å². The second-order valence-electron chi connectivity index (χ2n) is 7.59. The fraction of sp³-hybridized carbons (Fsp3) is 0.500. The average molecular weight is 375 g/mol. The molecule has 5 nitrogen and oxygen atoms in total. The summed E-state index contributed by atoms with van der Waals surface area (Å²) in [6, 6.07) is 7.63. The molecule has 2 aromatic rings. The highest BCUT2D eigenvalue weighted by molar-refractivity contribution is 7.12. The number of rotatable bonds is 4. The van der Waals surface area contributed by atoms with Crippen LogP contribution in [-0.4, -0.2) is 52.9 Å². The third kappa shape index (κ3) is 1.54. The second-order valence-corrected chi connectivity index (χ2v) is 9.48. The van der Waals surface area contributed by atoms with E-state index in [-0.39, 0.29) is 23.2 Å². The van der Waals surface area contributed by atoms with Gasteiger partial charge in [0.2, 0.25) is 5.60 Å². The third-order valence-corrected chi connectivity index (χ3v) is 8.38. The van der Waals surface area contributed by atoms with Crippen LogP contribution < -0.4 is 0 Å². The van der Waals surface area contributed by atoms with Crippen molar-refractivity contribution in [3.63, 3.8) is 0 Å². The molecule has 1 N–H and O–H groups in total. The summed E-state index contributed by atoms with van der Waals surface area (Å²) in [7, 11) is 2.11. The van der Waals surface area contributed by atoms with Crippen LogP contribution in [0.1, 0.15) is 16.2 Å². The van der Waals surface area contributed by atoms with Crippen molar-refractivity contribution in [1.82, 2.24) is 4.90 Å². The Labute approximate surface area is 152 Å². The molecule has 4 aliphatic rings. The Morgan fingerprint density at radius 1 is 1.36 bits per heavy atom. The van der Waals surface area contributed by atoms with E-state index >= 15 is 0 Å². The molecule has 0 amide bonds. The Morgan fingerprint density at radius 3 is 2.56 bits per heavy atom. The fourth-order valence-corrected chi connectivity index (χ4v) is 7.17. The smallest absolute Gasteiger partial charge is 0.349 e. The number of aliphatic hydroxyl groups is 1. The van der Waals surface area contributed by atoms with E-state index in [1.54, 1.807) is 12.1 Å². The number of hydrogen-bond acceptors (Lipinski definition) is 7. The van der Waals surface area contributed by atoms with Gasteiger partial charge in [-0.3, -0.25) is 4.90 Å². The number of piperidine rings is 1. The lowest BCUT2D eigenvalue weighted by Crippen LogP contribution is -2.40. The number of carbonyl (C=O) groups excluding carboxylic acids is 1. The molecule has 1 spiro atoms. The van der Waals surface area contributed by atoms with Gasteiger partial charge >= 0.3 is 5.97 Å². The van der Waals surface area contributed by atoms with Gasteiger partial charge in [0, 0.05) is 18.9 Å². The Morgan fingerprint density at radius 2 is 2.04 bits per heavy atom. The molecular formula is C18H17NO4S2. The van der Waals surface area contributed by atoms with E-state index in [0.717, 1.165) is 13.0 Å². The summed E-state index contributed by atoms with van der Waals surface area (Å²) in [5.41, 5.74) is -1.89. The number of epoxide rings is 1. The quantitative estimate of drug-likeness (QED) is 0.652. The van der Waals surface area contributed by atoms with Gasteiger partial charge in [0.1, 0.15) is 17.3 Å². The van der Waals surface area contributed by atoms with Crippen molar-refractivity contribution in [2.75, 3.05) is 13.6 Å².